The zero-order chi connectivity index (χ0) is 13.5. The van der Waals surface area contributed by atoms with E-state index in [0.717, 1.165) is 17.9 Å². The maximum absolute atomic E-state index is 11.6. The molecule has 2 rings (SSSR count). The number of nitrogens with one attached hydrogen (secondary N) is 2. The molecule has 2 N–H and O–H groups in total. The van der Waals surface area contributed by atoms with Crippen molar-refractivity contribution in [2.45, 2.75) is 6.42 Å². The molecular formula is C13H15N3O2S. The Kier molecular flexibility index (Phi) is 4.97. The van der Waals surface area contributed by atoms with E-state index in [4.69, 9.17) is 0 Å². The minimum Gasteiger partial charge on any atom is -0.347 e. The highest BCUT2D eigenvalue weighted by Gasteiger charge is 2.11. The van der Waals surface area contributed by atoms with E-state index >= 15 is 0 Å². The van der Waals surface area contributed by atoms with Crippen molar-refractivity contribution in [3.8, 4) is 0 Å². The number of aliphatic imine (C=N–C) groups is 1. The zero-order valence-electron chi connectivity index (χ0n) is 10.4. The lowest BCUT2D eigenvalue weighted by Crippen LogP contribution is -2.39. The minimum absolute atomic E-state index is 0.0226. The first-order valence-electron chi connectivity index (χ1n) is 6.02. The Morgan fingerprint density at radius 2 is 2.00 bits per heavy atom. The Bertz CT molecular complexity index is 488. The molecule has 1 aromatic carbocycles. The SMILES string of the molecule is O=C(Cc1ccccc1)NCC(=O)NC1=NCCS1. The molecule has 0 spiro atoms. The summed E-state index contributed by atoms with van der Waals surface area (Å²) in [6.07, 6.45) is 0.282. The normalized spacial score (nSPS) is 13.8. The van der Waals surface area contributed by atoms with Crippen molar-refractivity contribution in [1.29, 1.82) is 0 Å². The molecule has 0 aliphatic carbocycles. The predicted molar refractivity (Wildman–Crippen MR) is 76.1 cm³/mol. The van der Waals surface area contributed by atoms with Gasteiger partial charge in [-0.1, -0.05) is 42.1 Å². The molecule has 1 aromatic rings. The number of carbonyl (C=O) groups is 2. The first kappa shape index (κ1) is 13.6. The van der Waals surface area contributed by atoms with E-state index < -0.39 is 0 Å². The summed E-state index contributed by atoms with van der Waals surface area (Å²) in [5.74, 6) is 0.493. The zero-order valence-corrected chi connectivity index (χ0v) is 11.2. The van der Waals surface area contributed by atoms with Gasteiger partial charge in [0.25, 0.3) is 0 Å². The highest BCUT2D eigenvalue weighted by atomic mass is 32.2. The second-order valence-corrected chi connectivity index (χ2v) is 5.11. The van der Waals surface area contributed by atoms with E-state index in [2.05, 4.69) is 15.6 Å². The molecule has 1 aliphatic rings. The summed E-state index contributed by atoms with van der Waals surface area (Å²) >= 11 is 1.51. The number of thioether (sulfide) groups is 1. The Balaban J connectivity index is 1.70. The molecule has 1 aliphatic heterocycles. The number of nitrogens with zero attached hydrogens (tertiary/aromatic N) is 1. The van der Waals surface area contributed by atoms with Gasteiger partial charge in [0.1, 0.15) is 0 Å². The van der Waals surface area contributed by atoms with Crippen molar-refractivity contribution in [3.05, 3.63) is 35.9 Å². The molecule has 0 fully saturated rings. The van der Waals surface area contributed by atoms with E-state index in [-0.39, 0.29) is 24.8 Å². The summed E-state index contributed by atoms with van der Waals surface area (Å²) in [6.45, 7) is 0.714. The van der Waals surface area contributed by atoms with Crippen LogP contribution in [0.1, 0.15) is 5.56 Å². The molecule has 2 amide bonds. The Morgan fingerprint density at radius 3 is 2.68 bits per heavy atom. The molecule has 0 unspecified atom stereocenters. The molecule has 0 aromatic heterocycles. The maximum Gasteiger partial charge on any atom is 0.245 e. The first-order chi connectivity index (χ1) is 9.24. The van der Waals surface area contributed by atoms with Crippen LogP contribution in [-0.2, 0) is 16.0 Å². The van der Waals surface area contributed by atoms with Crippen molar-refractivity contribution in [2.75, 3.05) is 18.8 Å². The summed E-state index contributed by atoms with van der Waals surface area (Å²) in [5.41, 5.74) is 0.927. The Labute approximate surface area is 115 Å². The predicted octanol–water partition coefficient (Wildman–Crippen LogP) is 0.564. The molecule has 1 heterocycles. The van der Waals surface area contributed by atoms with Crippen LogP contribution in [0.5, 0.6) is 0 Å². The average Bonchev–Trinajstić information content (AvgIpc) is 2.90. The molecule has 100 valence electrons. The lowest BCUT2D eigenvalue weighted by molar-refractivity contribution is -0.125. The molecule has 0 radical (unpaired) electrons. The van der Waals surface area contributed by atoms with Gasteiger partial charge in [0.15, 0.2) is 5.17 Å². The van der Waals surface area contributed by atoms with Gasteiger partial charge in [-0.15, -0.1) is 0 Å². The van der Waals surface area contributed by atoms with E-state index in [1.807, 2.05) is 30.3 Å². The number of amidine groups is 1. The van der Waals surface area contributed by atoms with E-state index in [0.29, 0.717) is 5.17 Å². The molecular weight excluding hydrogens is 262 g/mol. The number of hydrogen-bond donors (Lipinski definition) is 2. The quantitative estimate of drug-likeness (QED) is 0.845. The molecule has 0 atom stereocenters. The smallest absolute Gasteiger partial charge is 0.245 e. The van der Waals surface area contributed by atoms with Gasteiger partial charge in [-0.2, -0.15) is 0 Å². The molecule has 5 nitrogen and oxygen atoms in total. The van der Waals surface area contributed by atoms with Gasteiger partial charge >= 0.3 is 0 Å². The van der Waals surface area contributed by atoms with Gasteiger partial charge in [-0.05, 0) is 5.56 Å². The van der Waals surface area contributed by atoms with Crippen molar-refractivity contribution in [2.24, 2.45) is 4.99 Å². The molecule has 0 bridgehead atoms. The summed E-state index contributed by atoms with van der Waals surface area (Å²) in [7, 11) is 0. The summed E-state index contributed by atoms with van der Waals surface area (Å²) in [6, 6.07) is 9.41. The standard InChI is InChI=1S/C13H15N3O2S/c17-11(8-10-4-2-1-3-5-10)15-9-12(18)16-13-14-6-7-19-13/h1-5H,6-9H2,(H,15,17)(H,14,16,18). The Morgan fingerprint density at radius 1 is 1.21 bits per heavy atom. The number of benzene rings is 1. The van der Waals surface area contributed by atoms with Crippen LogP contribution in [-0.4, -0.2) is 35.8 Å². The van der Waals surface area contributed by atoms with E-state index in [9.17, 15) is 9.59 Å². The van der Waals surface area contributed by atoms with E-state index in [1.165, 1.54) is 11.8 Å². The average molecular weight is 277 g/mol. The first-order valence-corrected chi connectivity index (χ1v) is 7.00. The topological polar surface area (TPSA) is 70.6 Å². The second kappa shape index (κ2) is 6.94. The number of carbonyl (C=O) groups excluding carboxylic acids is 2. The fourth-order valence-electron chi connectivity index (χ4n) is 1.60. The van der Waals surface area contributed by atoms with Gasteiger partial charge < -0.3 is 10.6 Å². The van der Waals surface area contributed by atoms with E-state index in [1.54, 1.807) is 0 Å². The van der Waals surface area contributed by atoms with Gasteiger partial charge in [0, 0.05) is 5.75 Å². The van der Waals surface area contributed by atoms with Crippen molar-refractivity contribution < 1.29 is 9.59 Å². The minimum atomic E-state index is -0.241. The largest absolute Gasteiger partial charge is 0.347 e. The van der Waals surface area contributed by atoms with Crippen molar-refractivity contribution >= 4 is 28.7 Å². The summed E-state index contributed by atoms with van der Waals surface area (Å²) in [5, 5.41) is 5.89. The van der Waals surface area contributed by atoms with Crippen molar-refractivity contribution in [1.82, 2.24) is 10.6 Å². The van der Waals surface area contributed by atoms with Crippen LogP contribution in [0, 0.1) is 0 Å². The maximum atomic E-state index is 11.6. The second-order valence-electron chi connectivity index (χ2n) is 4.02. The van der Waals surface area contributed by atoms with Gasteiger partial charge in [-0.3, -0.25) is 14.6 Å². The molecule has 0 saturated heterocycles. The fraction of sp³-hybridized carbons (Fsp3) is 0.308. The molecule has 6 heteroatoms. The lowest BCUT2D eigenvalue weighted by Gasteiger charge is -2.06. The van der Waals surface area contributed by atoms with Gasteiger partial charge in [0.2, 0.25) is 11.8 Å². The number of amides is 2. The summed E-state index contributed by atoms with van der Waals surface area (Å²) in [4.78, 5) is 27.3. The van der Waals surface area contributed by atoms with Crippen LogP contribution in [0.4, 0.5) is 0 Å². The monoisotopic (exact) mass is 277 g/mol. The van der Waals surface area contributed by atoms with Crippen molar-refractivity contribution in [3.63, 3.8) is 0 Å². The van der Waals surface area contributed by atoms with Crippen LogP contribution in [0.3, 0.4) is 0 Å². The van der Waals surface area contributed by atoms with Crippen LogP contribution in [0.15, 0.2) is 35.3 Å². The number of rotatable bonds is 4. The third kappa shape index (κ3) is 4.75. The van der Waals surface area contributed by atoms with Gasteiger partial charge in [-0.25, -0.2) is 0 Å². The molecule has 0 saturated carbocycles. The third-order valence-electron chi connectivity index (χ3n) is 2.49. The highest BCUT2D eigenvalue weighted by molar-refractivity contribution is 8.14. The lowest BCUT2D eigenvalue weighted by atomic mass is 10.1. The van der Waals surface area contributed by atoms with Crippen LogP contribution < -0.4 is 10.6 Å². The van der Waals surface area contributed by atoms with Crippen LogP contribution >= 0.6 is 11.8 Å². The van der Waals surface area contributed by atoms with Gasteiger partial charge in [0.05, 0.1) is 19.5 Å². The third-order valence-corrected chi connectivity index (χ3v) is 3.38. The summed E-state index contributed by atoms with van der Waals surface area (Å²) < 4.78 is 0. The number of hydrogen-bond acceptors (Lipinski definition) is 4. The Hall–Kier alpha value is -1.82. The van der Waals surface area contributed by atoms with Crippen LogP contribution in [0.25, 0.3) is 0 Å². The van der Waals surface area contributed by atoms with Crippen LogP contribution in [0.2, 0.25) is 0 Å². The molecule has 19 heavy (non-hydrogen) atoms. The highest BCUT2D eigenvalue weighted by Crippen LogP contribution is 2.08. The fourth-order valence-corrected chi connectivity index (χ4v) is 2.34.